The first-order chi connectivity index (χ1) is 13.9. The number of benzene rings is 1. The van der Waals surface area contributed by atoms with Crippen LogP contribution in [-0.2, 0) is 24.8 Å². The van der Waals surface area contributed by atoms with E-state index in [1.54, 1.807) is 4.90 Å². The lowest BCUT2D eigenvalue weighted by molar-refractivity contribution is -0.0494. The third kappa shape index (κ3) is 3.34. The predicted octanol–water partition coefficient (Wildman–Crippen LogP) is 3.20. The predicted molar refractivity (Wildman–Crippen MR) is 106 cm³/mol. The van der Waals surface area contributed by atoms with E-state index in [0.29, 0.717) is 11.6 Å². The van der Waals surface area contributed by atoms with Crippen LogP contribution in [0.4, 0.5) is 8.78 Å². The minimum atomic E-state index is -2.65. The number of ether oxygens (including phenoxy) is 1. The first kappa shape index (κ1) is 19.0. The second kappa shape index (κ2) is 7.06. The number of hydrogen-bond donors (Lipinski definition) is 0. The van der Waals surface area contributed by atoms with E-state index in [4.69, 9.17) is 4.74 Å². The van der Waals surface area contributed by atoms with Gasteiger partial charge in [0.05, 0.1) is 6.61 Å². The summed E-state index contributed by atoms with van der Waals surface area (Å²) >= 11 is 0. The van der Waals surface area contributed by atoms with Gasteiger partial charge in [-0.1, -0.05) is 0 Å². The second-order valence-electron chi connectivity index (χ2n) is 8.60. The lowest BCUT2D eigenvalue weighted by Gasteiger charge is -2.32. The summed E-state index contributed by atoms with van der Waals surface area (Å²) in [6.07, 6.45) is 1.56. The van der Waals surface area contributed by atoms with Gasteiger partial charge in [-0.05, 0) is 30.2 Å². The smallest absolute Gasteiger partial charge is 0.253 e. The van der Waals surface area contributed by atoms with Gasteiger partial charge in [0.15, 0.2) is 0 Å². The average Bonchev–Trinajstić information content (AvgIpc) is 3.35. The number of piperidine rings is 1. The molecule has 156 valence electrons. The number of amides is 1. The van der Waals surface area contributed by atoms with Crippen molar-refractivity contribution < 1.29 is 18.3 Å². The maximum atomic E-state index is 13.5. The van der Waals surface area contributed by atoms with Crippen LogP contribution in [0.3, 0.4) is 0 Å². The fourth-order valence-electron chi connectivity index (χ4n) is 5.07. The summed E-state index contributed by atoms with van der Waals surface area (Å²) in [7, 11) is 2.09. The molecule has 5 nitrogen and oxygen atoms in total. The molecule has 4 heterocycles. The summed E-state index contributed by atoms with van der Waals surface area (Å²) in [5, 5.41) is 1.11. The number of carbonyl (C=O) groups is 1. The molecular formula is C22H27F2N3O2. The molecule has 2 saturated heterocycles. The number of fused-ring (bicyclic) bond motifs is 3. The standard InChI is InChI=1S/C22H27F2N3O2/c1-25-19-3-2-15(21(28)26-9-6-22(23,24)7-10-26)12-17(19)18-13-27(8-4-20(18)25)16-5-11-29-14-16/h2-3,12,16H,4-11,13-14H2,1H3. The van der Waals surface area contributed by atoms with E-state index in [-0.39, 0.29) is 31.8 Å². The van der Waals surface area contributed by atoms with Crippen molar-refractivity contribution in [2.45, 2.75) is 44.2 Å². The van der Waals surface area contributed by atoms with Crippen LogP contribution >= 0.6 is 0 Å². The highest BCUT2D eigenvalue weighted by molar-refractivity contribution is 5.99. The van der Waals surface area contributed by atoms with Gasteiger partial charge in [-0.2, -0.15) is 0 Å². The number of likely N-dealkylation sites (tertiary alicyclic amines) is 1. The third-order valence-corrected chi connectivity index (χ3v) is 6.88. The number of carbonyl (C=O) groups excluding carboxylic acids is 1. The van der Waals surface area contributed by atoms with Crippen LogP contribution in [0.2, 0.25) is 0 Å². The molecule has 7 heteroatoms. The quantitative estimate of drug-likeness (QED) is 0.773. The van der Waals surface area contributed by atoms with Gasteiger partial charge in [-0.25, -0.2) is 8.78 Å². The first-order valence-corrected chi connectivity index (χ1v) is 10.5. The molecule has 0 spiro atoms. The zero-order chi connectivity index (χ0) is 20.2. The number of alkyl halides is 2. The lowest BCUT2D eigenvalue weighted by Crippen LogP contribution is -2.42. The molecule has 2 fully saturated rings. The molecule has 1 aromatic carbocycles. The Bertz CT molecular complexity index is 939. The molecule has 2 aromatic rings. The fraction of sp³-hybridized carbons (Fsp3) is 0.591. The molecule has 1 unspecified atom stereocenters. The highest BCUT2D eigenvalue weighted by Gasteiger charge is 2.36. The molecule has 1 atom stereocenters. The number of aryl methyl sites for hydroxylation is 1. The molecule has 0 saturated carbocycles. The minimum Gasteiger partial charge on any atom is -0.380 e. The maximum Gasteiger partial charge on any atom is 0.253 e. The van der Waals surface area contributed by atoms with Crippen LogP contribution in [0.5, 0.6) is 0 Å². The van der Waals surface area contributed by atoms with E-state index in [2.05, 4.69) is 16.5 Å². The maximum absolute atomic E-state index is 13.5. The third-order valence-electron chi connectivity index (χ3n) is 6.88. The molecule has 1 amide bonds. The van der Waals surface area contributed by atoms with Crippen LogP contribution in [-0.4, -0.2) is 65.1 Å². The second-order valence-corrected chi connectivity index (χ2v) is 8.60. The molecule has 3 aliphatic heterocycles. The van der Waals surface area contributed by atoms with E-state index in [1.165, 1.54) is 11.3 Å². The Morgan fingerprint density at radius 2 is 2.00 bits per heavy atom. The molecule has 0 radical (unpaired) electrons. The molecule has 0 bridgehead atoms. The van der Waals surface area contributed by atoms with Gasteiger partial charge in [-0.3, -0.25) is 9.69 Å². The molecule has 5 rings (SSSR count). The van der Waals surface area contributed by atoms with E-state index >= 15 is 0 Å². The first-order valence-electron chi connectivity index (χ1n) is 10.5. The Morgan fingerprint density at radius 1 is 1.21 bits per heavy atom. The minimum absolute atomic E-state index is 0.117. The SMILES string of the molecule is Cn1c2c(c3cc(C(=O)N4CCC(F)(F)CC4)ccc31)CN(C1CCOC1)CC2. The number of nitrogens with zero attached hydrogens (tertiary/aromatic N) is 3. The summed E-state index contributed by atoms with van der Waals surface area (Å²) in [5.41, 5.74) is 4.34. The number of halogens is 2. The highest BCUT2D eigenvalue weighted by Crippen LogP contribution is 2.33. The van der Waals surface area contributed by atoms with Crippen molar-refractivity contribution in [1.29, 1.82) is 0 Å². The van der Waals surface area contributed by atoms with Gasteiger partial charge < -0.3 is 14.2 Å². The van der Waals surface area contributed by atoms with E-state index in [1.807, 2.05) is 18.2 Å². The van der Waals surface area contributed by atoms with Crippen LogP contribution < -0.4 is 0 Å². The molecule has 1 aromatic heterocycles. The Balaban J connectivity index is 1.44. The summed E-state index contributed by atoms with van der Waals surface area (Å²) in [5.74, 6) is -2.79. The zero-order valence-electron chi connectivity index (χ0n) is 16.8. The molecule has 3 aliphatic rings. The zero-order valence-corrected chi connectivity index (χ0v) is 16.8. The topological polar surface area (TPSA) is 37.7 Å². The van der Waals surface area contributed by atoms with Crippen molar-refractivity contribution >= 4 is 16.8 Å². The van der Waals surface area contributed by atoms with Crippen molar-refractivity contribution in [1.82, 2.24) is 14.4 Å². The van der Waals surface area contributed by atoms with Crippen molar-refractivity contribution in [2.75, 3.05) is 32.8 Å². The van der Waals surface area contributed by atoms with Gasteiger partial charge >= 0.3 is 0 Å². The molecule has 29 heavy (non-hydrogen) atoms. The van der Waals surface area contributed by atoms with Gasteiger partial charge in [0, 0.05) is 87.3 Å². The largest absolute Gasteiger partial charge is 0.380 e. The average molecular weight is 403 g/mol. The van der Waals surface area contributed by atoms with Crippen molar-refractivity contribution in [3.05, 3.63) is 35.0 Å². The van der Waals surface area contributed by atoms with Crippen molar-refractivity contribution in [3.8, 4) is 0 Å². The molecule has 0 aliphatic carbocycles. The summed E-state index contributed by atoms with van der Waals surface area (Å²) in [4.78, 5) is 17.0. The van der Waals surface area contributed by atoms with Gasteiger partial charge in [-0.15, -0.1) is 0 Å². The number of aromatic nitrogens is 1. The normalized spacial score (nSPS) is 24.8. The summed E-state index contributed by atoms with van der Waals surface area (Å²) < 4.78 is 34.7. The van der Waals surface area contributed by atoms with Crippen LogP contribution in [0.1, 0.15) is 40.9 Å². The van der Waals surface area contributed by atoms with Crippen molar-refractivity contribution in [2.24, 2.45) is 7.05 Å². The fourth-order valence-corrected chi connectivity index (χ4v) is 5.07. The summed E-state index contributed by atoms with van der Waals surface area (Å²) in [6, 6.07) is 6.28. The van der Waals surface area contributed by atoms with E-state index in [9.17, 15) is 13.6 Å². The van der Waals surface area contributed by atoms with Gasteiger partial charge in [0.1, 0.15) is 0 Å². The number of hydrogen-bond acceptors (Lipinski definition) is 3. The monoisotopic (exact) mass is 403 g/mol. The lowest BCUT2D eigenvalue weighted by atomic mass is 10.0. The van der Waals surface area contributed by atoms with Gasteiger partial charge in [0.2, 0.25) is 0 Å². The Kier molecular flexibility index (Phi) is 4.62. The summed E-state index contributed by atoms with van der Waals surface area (Å²) in [6.45, 7) is 3.76. The molecular weight excluding hydrogens is 376 g/mol. The van der Waals surface area contributed by atoms with Crippen LogP contribution in [0.25, 0.3) is 10.9 Å². The van der Waals surface area contributed by atoms with Gasteiger partial charge in [0.25, 0.3) is 11.8 Å². The van der Waals surface area contributed by atoms with E-state index in [0.717, 1.165) is 50.0 Å². The van der Waals surface area contributed by atoms with Crippen molar-refractivity contribution in [3.63, 3.8) is 0 Å². The van der Waals surface area contributed by atoms with E-state index < -0.39 is 5.92 Å². The Hall–Kier alpha value is -1.99. The van der Waals surface area contributed by atoms with Crippen LogP contribution in [0, 0.1) is 0 Å². The Labute approximate surface area is 169 Å². The van der Waals surface area contributed by atoms with Crippen LogP contribution in [0.15, 0.2) is 18.2 Å². The Morgan fingerprint density at radius 3 is 2.72 bits per heavy atom. The highest BCUT2D eigenvalue weighted by atomic mass is 19.3. The number of rotatable bonds is 2. The molecule has 0 N–H and O–H groups in total.